The zero-order valence-electron chi connectivity index (χ0n) is 13.5. The van der Waals surface area contributed by atoms with Gasteiger partial charge in [-0.25, -0.2) is 0 Å². The predicted octanol–water partition coefficient (Wildman–Crippen LogP) is 3.59. The number of hydrogen-bond acceptors (Lipinski definition) is 5. The number of benzene rings is 2. The molecular weight excluding hydrogens is 383 g/mol. The Labute approximate surface area is 159 Å². The summed E-state index contributed by atoms with van der Waals surface area (Å²) in [5.74, 6) is -1.17. The molecule has 0 aromatic heterocycles. The van der Waals surface area contributed by atoms with E-state index in [1.165, 1.54) is 24.3 Å². The van der Waals surface area contributed by atoms with Crippen molar-refractivity contribution in [3.05, 3.63) is 59.1 Å². The molecule has 2 aromatic rings. The van der Waals surface area contributed by atoms with Crippen LogP contribution in [0, 0.1) is 5.92 Å². The molecule has 26 heavy (non-hydrogen) atoms. The summed E-state index contributed by atoms with van der Waals surface area (Å²) in [7, 11) is 0. The maximum Gasteiger partial charge on any atom is 0.304 e. The minimum absolute atomic E-state index is 0.102. The Hall–Kier alpha value is -2.28. The highest BCUT2D eigenvalue weighted by Gasteiger charge is 2.25. The van der Waals surface area contributed by atoms with Crippen LogP contribution >= 0.6 is 23.2 Å². The molecule has 6 nitrogen and oxygen atoms in total. The second-order valence-corrected chi connectivity index (χ2v) is 6.21. The van der Waals surface area contributed by atoms with Crippen molar-refractivity contribution in [2.45, 2.75) is 12.7 Å². The van der Waals surface area contributed by atoms with E-state index in [9.17, 15) is 14.7 Å². The highest BCUT2D eigenvalue weighted by Crippen LogP contribution is 2.21. The number of carboxylic acid groups (broad SMARTS) is 1. The summed E-state index contributed by atoms with van der Waals surface area (Å²) in [6.07, 6.45) is -1.75. The molecular formula is C18H16Cl2O6. The molecule has 0 heterocycles. The molecule has 0 amide bonds. The molecule has 0 aliphatic rings. The van der Waals surface area contributed by atoms with E-state index in [1.54, 1.807) is 24.3 Å². The summed E-state index contributed by atoms with van der Waals surface area (Å²) in [5.41, 5.74) is 0.312. The molecule has 0 aliphatic carbocycles. The van der Waals surface area contributed by atoms with Gasteiger partial charge in [0.2, 0.25) is 6.29 Å². The van der Waals surface area contributed by atoms with Crippen LogP contribution in [0.3, 0.4) is 0 Å². The van der Waals surface area contributed by atoms with Crippen LogP contribution in [-0.2, 0) is 4.79 Å². The molecule has 0 saturated heterocycles. The fraction of sp³-hybridized carbons (Fsp3) is 0.222. The normalized spacial score (nSPS) is 12.9. The first-order valence-electron chi connectivity index (χ1n) is 7.60. The summed E-state index contributed by atoms with van der Waals surface area (Å²) in [6, 6.07) is 12.3. The van der Waals surface area contributed by atoms with Gasteiger partial charge in [0.15, 0.2) is 0 Å². The number of aliphatic hydroxyl groups excluding tert-OH is 1. The first-order chi connectivity index (χ1) is 12.3. The lowest BCUT2D eigenvalue weighted by atomic mass is 10.1. The van der Waals surface area contributed by atoms with E-state index in [4.69, 9.17) is 37.8 Å². The van der Waals surface area contributed by atoms with Gasteiger partial charge in [0, 0.05) is 10.6 Å². The Balaban J connectivity index is 2.00. The standard InChI is InChI=1S/C18H16Cl2O6/c19-13-3-7-15(8-4-13)26-18(24)12(9-16(21)22)10-25-14-5-1-11(2-6-14)17(20)23/h1-8,12,18,24H,9-10H2,(H,21,22). The van der Waals surface area contributed by atoms with Gasteiger partial charge in [0.05, 0.1) is 18.9 Å². The molecule has 2 unspecified atom stereocenters. The average Bonchev–Trinajstić information content (AvgIpc) is 2.60. The van der Waals surface area contributed by atoms with Gasteiger partial charge in [-0.3, -0.25) is 9.59 Å². The largest absolute Gasteiger partial charge is 0.493 e. The summed E-state index contributed by atoms with van der Waals surface area (Å²) < 4.78 is 10.9. The van der Waals surface area contributed by atoms with Crippen molar-refractivity contribution in [1.29, 1.82) is 0 Å². The quantitative estimate of drug-likeness (QED) is 0.495. The average molecular weight is 399 g/mol. The lowest BCUT2D eigenvalue weighted by Gasteiger charge is -2.22. The maximum absolute atomic E-state index is 11.1. The van der Waals surface area contributed by atoms with E-state index in [2.05, 4.69) is 0 Å². The Kier molecular flexibility index (Phi) is 7.26. The van der Waals surface area contributed by atoms with Crippen LogP contribution in [-0.4, -0.2) is 34.3 Å². The molecule has 138 valence electrons. The van der Waals surface area contributed by atoms with E-state index in [0.29, 0.717) is 22.1 Å². The fourth-order valence-corrected chi connectivity index (χ4v) is 2.35. The SMILES string of the molecule is O=C(O)CC(COc1ccc(C(=O)Cl)cc1)C(O)Oc1ccc(Cl)cc1. The first-order valence-corrected chi connectivity index (χ1v) is 8.35. The summed E-state index contributed by atoms with van der Waals surface area (Å²) in [5, 5.41) is 19.2. The number of hydrogen-bond donors (Lipinski definition) is 2. The Morgan fingerprint density at radius 3 is 2.12 bits per heavy atom. The molecule has 0 bridgehead atoms. The number of halogens is 2. The topological polar surface area (TPSA) is 93.1 Å². The fourth-order valence-electron chi connectivity index (χ4n) is 2.10. The van der Waals surface area contributed by atoms with Crippen molar-refractivity contribution >= 4 is 34.4 Å². The monoisotopic (exact) mass is 398 g/mol. The Bertz CT molecular complexity index is 745. The lowest BCUT2D eigenvalue weighted by Crippen LogP contribution is -2.33. The van der Waals surface area contributed by atoms with Crippen LogP contribution < -0.4 is 9.47 Å². The summed E-state index contributed by atoms with van der Waals surface area (Å²) in [6.45, 7) is -0.102. The zero-order valence-corrected chi connectivity index (χ0v) is 15.0. The van der Waals surface area contributed by atoms with Gasteiger partial charge in [-0.1, -0.05) is 11.6 Å². The van der Waals surface area contributed by atoms with E-state index < -0.39 is 23.4 Å². The van der Waals surface area contributed by atoms with Crippen molar-refractivity contribution < 1.29 is 29.3 Å². The molecule has 0 saturated carbocycles. The molecule has 0 aliphatic heterocycles. The van der Waals surface area contributed by atoms with Gasteiger partial charge < -0.3 is 19.7 Å². The minimum atomic E-state index is -1.39. The first kappa shape index (κ1) is 20.0. The lowest BCUT2D eigenvalue weighted by molar-refractivity contribution is -0.143. The molecule has 0 radical (unpaired) electrons. The van der Waals surface area contributed by atoms with Gasteiger partial charge in [-0.15, -0.1) is 0 Å². The van der Waals surface area contributed by atoms with Crippen molar-refractivity contribution in [3.8, 4) is 11.5 Å². The van der Waals surface area contributed by atoms with E-state index in [0.717, 1.165) is 0 Å². The second kappa shape index (κ2) is 9.43. The highest BCUT2D eigenvalue weighted by molar-refractivity contribution is 6.67. The third kappa shape index (κ3) is 6.22. The van der Waals surface area contributed by atoms with Crippen molar-refractivity contribution in [2.24, 2.45) is 5.92 Å². The molecule has 8 heteroatoms. The third-order valence-corrected chi connectivity index (χ3v) is 3.93. The van der Waals surface area contributed by atoms with Gasteiger partial charge in [0.1, 0.15) is 11.5 Å². The molecule has 2 N–H and O–H groups in total. The molecule has 2 atom stereocenters. The second-order valence-electron chi connectivity index (χ2n) is 5.43. The van der Waals surface area contributed by atoms with Crippen LogP contribution in [0.2, 0.25) is 5.02 Å². The summed E-state index contributed by atoms with van der Waals surface area (Å²) >= 11 is 11.1. The van der Waals surface area contributed by atoms with Crippen LogP contribution in [0.1, 0.15) is 16.8 Å². The maximum atomic E-state index is 11.1. The van der Waals surface area contributed by atoms with Gasteiger partial charge >= 0.3 is 5.97 Å². The number of carbonyl (C=O) groups is 2. The number of aliphatic hydroxyl groups is 1. The Morgan fingerprint density at radius 2 is 1.58 bits per heavy atom. The molecule has 2 rings (SSSR count). The van der Waals surface area contributed by atoms with Gasteiger partial charge in [-0.2, -0.15) is 0 Å². The smallest absolute Gasteiger partial charge is 0.304 e. The van der Waals surface area contributed by atoms with Crippen LogP contribution in [0.15, 0.2) is 48.5 Å². The zero-order chi connectivity index (χ0) is 19.1. The van der Waals surface area contributed by atoms with Crippen molar-refractivity contribution in [3.63, 3.8) is 0 Å². The number of rotatable bonds is 9. The minimum Gasteiger partial charge on any atom is -0.493 e. The van der Waals surface area contributed by atoms with Crippen LogP contribution in [0.5, 0.6) is 11.5 Å². The number of aliphatic carboxylic acids is 1. The molecule has 0 spiro atoms. The predicted molar refractivity (Wildman–Crippen MR) is 96.0 cm³/mol. The number of carbonyl (C=O) groups excluding carboxylic acids is 1. The summed E-state index contributed by atoms with van der Waals surface area (Å²) in [4.78, 5) is 22.1. The van der Waals surface area contributed by atoms with Gasteiger partial charge in [0.25, 0.3) is 5.24 Å². The number of ether oxygens (including phenoxy) is 2. The Morgan fingerprint density at radius 1 is 1.00 bits per heavy atom. The van der Waals surface area contributed by atoms with E-state index >= 15 is 0 Å². The number of carboxylic acids is 1. The van der Waals surface area contributed by atoms with Crippen LogP contribution in [0.25, 0.3) is 0 Å². The van der Waals surface area contributed by atoms with Crippen molar-refractivity contribution in [1.82, 2.24) is 0 Å². The van der Waals surface area contributed by atoms with E-state index in [1.807, 2.05) is 0 Å². The van der Waals surface area contributed by atoms with Gasteiger partial charge in [-0.05, 0) is 60.1 Å². The third-order valence-electron chi connectivity index (χ3n) is 3.46. The highest BCUT2D eigenvalue weighted by atomic mass is 35.5. The molecule has 2 aromatic carbocycles. The van der Waals surface area contributed by atoms with E-state index in [-0.39, 0.29) is 13.0 Å². The van der Waals surface area contributed by atoms with Crippen LogP contribution in [0.4, 0.5) is 0 Å². The van der Waals surface area contributed by atoms with Crippen molar-refractivity contribution in [2.75, 3.05) is 6.61 Å². The molecule has 0 fully saturated rings.